The van der Waals surface area contributed by atoms with Gasteiger partial charge in [0.1, 0.15) is 10.0 Å². The van der Waals surface area contributed by atoms with Crippen molar-refractivity contribution in [2.24, 2.45) is 0 Å². The van der Waals surface area contributed by atoms with E-state index < -0.39 is 10.0 Å². The number of aryl methyl sites for hydroxylation is 1. The van der Waals surface area contributed by atoms with E-state index in [0.29, 0.717) is 17.1 Å². The van der Waals surface area contributed by atoms with E-state index in [1.54, 1.807) is 48.5 Å². The van der Waals surface area contributed by atoms with Gasteiger partial charge in [0.15, 0.2) is 0 Å². The fourth-order valence-corrected chi connectivity index (χ4v) is 3.05. The van der Waals surface area contributed by atoms with Crippen LogP contribution >= 0.6 is 0 Å². The van der Waals surface area contributed by atoms with Crippen LogP contribution in [0.4, 0.5) is 5.69 Å². The molecule has 3 rings (SSSR count). The molecule has 2 aromatic carbocycles. The van der Waals surface area contributed by atoms with Gasteiger partial charge in [-0.15, -0.1) is 15.9 Å². The van der Waals surface area contributed by atoms with Crippen molar-refractivity contribution in [3.8, 4) is 11.4 Å². The average Bonchev–Trinajstić information content (AvgIpc) is 3.09. The van der Waals surface area contributed by atoms with Crippen LogP contribution in [-0.4, -0.2) is 29.0 Å². The Hall–Kier alpha value is -2.74. The second-order valence-electron chi connectivity index (χ2n) is 4.85. The van der Waals surface area contributed by atoms with E-state index in [-0.39, 0.29) is 4.90 Å². The predicted octanol–water partition coefficient (Wildman–Crippen LogP) is 2.82. The first-order chi connectivity index (χ1) is 11.1. The molecule has 3 aromatic rings. The molecule has 0 spiro atoms. The van der Waals surface area contributed by atoms with E-state index in [1.807, 2.05) is 6.92 Å². The highest BCUT2D eigenvalue weighted by Gasteiger charge is 2.06. The fraction of sp³-hybridized carbons (Fsp3) is 0.133. The molecule has 0 aliphatic rings. The zero-order chi connectivity index (χ0) is 16.3. The Bertz CT molecular complexity index is 890. The van der Waals surface area contributed by atoms with Crippen LogP contribution in [0.2, 0.25) is 0 Å². The molecule has 0 unspecified atom stereocenters. The summed E-state index contributed by atoms with van der Waals surface area (Å²) in [6.07, 6.45) is 0.851. The van der Waals surface area contributed by atoms with Crippen molar-refractivity contribution < 1.29 is 8.42 Å². The maximum atomic E-state index is 12.4. The molecule has 1 N–H and O–H groups in total. The Morgan fingerprint density at radius 3 is 2.57 bits per heavy atom. The summed E-state index contributed by atoms with van der Waals surface area (Å²) in [6, 6.07) is 13.4. The molecular formula is C15H14N5O2S-. The van der Waals surface area contributed by atoms with Gasteiger partial charge in [0.2, 0.25) is 5.82 Å². The Kier molecular flexibility index (Phi) is 4.07. The zero-order valence-corrected chi connectivity index (χ0v) is 13.2. The average molecular weight is 328 g/mol. The van der Waals surface area contributed by atoms with Gasteiger partial charge in [-0.3, -0.25) is 0 Å². The van der Waals surface area contributed by atoms with Crippen molar-refractivity contribution in [3.05, 3.63) is 58.8 Å². The quantitative estimate of drug-likeness (QED) is 0.775. The fourth-order valence-electron chi connectivity index (χ4n) is 2.07. The van der Waals surface area contributed by atoms with Crippen molar-refractivity contribution in [2.45, 2.75) is 18.2 Å². The second kappa shape index (κ2) is 6.17. The van der Waals surface area contributed by atoms with Gasteiger partial charge in [-0.1, -0.05) is 43.3 Å². The van der Waals surface area contributed by atoms with Gasteiger partial charge in [-0.2, -0.15) is 5.21 Å². The first kappa shape index (κ1) is 15.2. The van der Waals surface area contributed by atoms with Crippen molar-refractivity contribution >= 4 is 15.7 Å². The highest BCUT2D eigenvalue weighted by molar-refractivity contribution is 7.94. The number of rotatable bonds is 5. The number of aromatic amines is 1. The van der Waals surface area contributed by atoms with E-state index >= 15 is 0 Å². The third-order valence-electron chi connectivity index (χ3n) is 3.30. The third-order valence-corrected chi connectivity index (χ3v) is 4.62. The number of benzene rings is 2. The molecule has 0 saturated heterocycles. The maximum Gasteiger partial charge on any atom is 0.204 e. The van der Waals surface area contributed by atoms with Crippen molar-refractivity contribution in [3.63, 3.8) is 0 Å². The smallest absolute Gasteiger partial charge is 0.204 e. The van der Waals surface area contributed by atoms with Gasteiger partial charge in [-0.05, 0) is 29.3 Å². The van der Waals surface area contributed by atoms with Crippen LogP contribution in [0.25, 0.3) is 16.1 Å². The molecule has 0 aliphatic heterocycles. The molecule has 0 amide bonds. The molecule has 7 nitrogen and oxygen atoms in total. The summed E-state index contributed by atoms with van der Waals surface area (Å²) in [7, 11) is -3.76. The molecule has 118 valence electrons. The molecule has 1 heterocycles. The summed E-state index contributed by atoms with van der Waals surface area (Å²) < 4.78 is 28.6. The van der Waals surface area contributed by atoms with E-state index in [4.69, 9.17) is 0 Å². The van der Waals surface area contributed by atoms with Gasteiger partial charge >= 0.3 is 0 Å². The molecule has 0 atom stereocenters. The highest BCUT2D eigenvalue weighted by Crippen LogP contribution is 2.30. The van der Waals surface area contributed by atoms with Crippen LogP contribution in [0.5, 0.6) is 0 Å². The lowest BCUT2D eigenvalue weighted by Gasteiger charge is -2.22. The lowest BCUT2D eigenvalue weighted by molar-refractivity contribution is 0.603. The van der Waals surface area contributed by atoms with Crippen LogP contribution < -0.4 is 0 Å². The minimum absolute atomic E-state index is 0.166. The number of H-pyrrole nitrogens is 1. The van der Waals surface area contributed by atoms with E-state index in [1.165, 1.54) is 0 Å². The SMILES string of the molecule is CCc1ccc(S(=O)(=O)[N-]c2cccc(-c3nn[nH]n3)c2)cc1. The van der Waals surface area contributed by atoms with Crippen molar-refractivity contribution in [1.29, 1.82) is 0 Å². The van der Waals surface area contributed by atoms with E-state index in [9.17, 15) is 8.42 Å². The third kappa shape index (κ3) is 3.37. The summed E-state index contributed by atoms with van der Waals surface area (Å²) in [5.41, 5.74) is 2.02. The number of nitrogens with one attached hydrogen (secondary N) is 1. The highest BCUT2D eigenvalue weighted by atomic mass is 32.2. The molecule has 1 aromatic heterocycles. The lowest BCUT2D eigenvalue weighted by atomic mass is 10.2. The molecule has 0 radical (unpaired) electrons. The predicted molar refractivity (Wildman–Crippen MR) is 85.6 cm³/mol. The Balaban J connectivity index is 1.87. The number of aromatic nitrogens is 4. The Labute approximate surface area is 133 Å². The summed E-state index contributed by atoms with van der Waals surface area (Å²) >= 11 is 0. The van der Waals surface area contributed by atoms with Gasteiger partial charge in [0.05, 0.1) is 4.90 Å². The summed E-state index contributed by atoms with van der Waals surface area (Å²) in [6.45, 7) is 2.01. The Morgan fingerprint density at radius 1 is 1.13 bits per heavy atom. The number of nitrogens with zero attached hydrogens (tertiary/aromatic N) is 4. The molecule has 0 saturated carbocycles. The number of sulfonamides is 1. The molecule has 0 aliphatic carbocycles. The van der Waals surface area contributed by atoms with E-state index in [2.05, 4.69) is 25.3 Å². The van der Waals surface area contributed by atoms with Gasteiger partial charge in [-0.25, -0.2) is 8.42 Å². The standard InChI is InChI=1S/C15H14N5O2S/c1-2-11-6-8-14(9-7-11)23(21,22)18-13-5-3-4-12(10-13)15-16-19-20-17-15/h3-10H,2H2,1H3,(H,16,17,19,20)/q-1. The van der Waals surface area contributed by atoms with Gasteiger partial charge < -0.3 is 4.72 Å². The van der Waals surface area contributed by atoms with Crippen molar-refractivity contribution in [1.82, 2.24) is 20.6 Å². The zero-order valence-electron chi connectivity index (χ0n) is 12.3. The molecular weight excluding hydrogens is 314 g/mol. The molecule has 8 heteroatoms. The van der Waals surface area contributed by atoms with Crippen LogP contribution in [-0.2, 0) is 16.4 Å². The van der Waals surface area contributed by atoms with Crippen molar-refractivity contribution in [2.75, 3.05) is 0 Å². The van der Waals surface area contributed by atoms with Crippen LogP contribution in [0.1, 0.15) is 12.5 Å². The van der Waals surface area contributed by atoms with Crippen LogP contribution in [0.3, 0.4) is 0 Å². The topological polar surface area (TPSA) is 103 Å². The van der Waals surface area contributed by atoms with E-state index in [0.717, 1.165) is 12.0 Å². The Morgan fingerprint density at radius 2 is 1.91 bits per heavy atom. The number of tetrazole rings is 1. The van der Waals surface area contributed by atoms with Gasteiger partial charge in [0, 0.05) is 5.56 Å². The molecule has 0 fully saturated rings. The van der Waals surface area contributed by atoms with Crippen LogP contribution in [0, 0.1) is 0 Å². The largest absolute Gasteiger partial charge is 0.573 e. The first-order valence-electron chi connectivity index (χ1n) is 6.99. The monoisotopic (exact) mass is 328 g/mol. The minimum atomic E-state index is -3.76. The molecule has 23 heavy (non-hydrogen) atoms. The summed E-state index contributed by atoms with van der Waals surface area (Å²) in [5.74, 6) is 0.381. The first-order valence-corrected chi connectivity index (χ1v) is 8.43. The second-order valence-corrected chi connectivity index (χ2v) is 6.45. The maximum absolute atomic E-state index is 12.4. The minimum Gasteiger partial charge on any atom is -0.573 e. The lowest BCUT2D eigenvalue weighted by Crippen LogP contribution is -1.98. The summed E-state index contributed by atoms with van der Waals surface area (Å²) in [4.78, 5) is 0.166. The normalized spacial score (nSPS) is 11.3. The number of hydrogen-bond donors (Lipinski definition) is 1. The molecule has 0 bridgehead atoms. The summed E-state index contributed by atoms with van der Waals surface area (Å²) in [5, 5.41) is 13.6. The van der Waals surface area contributed by atoms with Crippen LogP contribution in [0.15, 0.2) is 53.4 Å². The number of hydrogen-bond acceptors (Lipinski definition) is 5. The van der Waals surface area contributed by atoms with Gasteiger partial charge in [0.25, 0.3) is 0 Å².